The summed E-state index contributed by atoms with van der Waals surface area (Å²) in [5.41, 5.74) is 0. The molecule has 3 heteroatoms. The molecule has 1 fully saturated rings. The van der Waals surface area contributed by atoms with Gasteiger partial charge in [-0.1, -0.05) is 13.0 Å². The lowest BCUT2D eigenvalue weighted by Gasteiger charge is -2.35. The van der Waals surface area contributed by atoms with Gasteiger partial charge in [-0.25, -0.2) is 0 Å². The number of piperazine rings is 1. The van der Waals surface area contributed by atoms with E-state index in [4.69, 9.17) is 4.74 Å². The second-order valence-electron chi connectivity index (χ2n) is 3.99. The van der Waals surface area contributed by atoms with E-state index in [1.54, 1.807) is 0 Å². The van der Waals surface area contributed by atoms with Crippen molar-refractivity contribution >= 4 is 0 Å². The van der Waals surface area contributed by atoms with Crippen LogP contribution in [0.25, 0.3) is 0 Å². The summed E-state index contributed by atoms with van der Waals surface area (Å²) in [6.45, 7) is 12.1. The van der Waals surface area contributed by atoms with E-state index in [1.807, 2.05) is 6.08 Å². The van der Waals surface area contributed by atoms with Crippen LogP contribution in [0.2, 0.25) is 0 Å². The SMILES string of the molecule is C=CCCOCCN1CCNCC1CC. The minimum Gasteiger partial charge on any atom is -0.380 e. The maximum absolute atomic E-state index is 5.54. The number of ether oxygens (including phenoxy) is 1. The Hall–Kier alpha value is -0.380. The molecule has 1 rings (SSSR count). The lowest BCUT2D eigenvalue weighted by molar-refractivity contribution is 0.0778. The molecule has 0 spiro atoms. The molecule has 0 aromatic heterocycles. The molecule has 0 aromatic rings. The Kier molecular flexibility index (Phi) is 6.64. The Balaban J connectivity index is 2.09. The highest BCUT2D eigenvalue weighted by Crippen LogP contribution is 2.06. The van der Waals surface area contributed by atoms with Crippen molar-refractivity contribution in [2.75, 3.05) is 39.4 Å². The number of rotatable bonds is 7. The maximum Gasteiger partial charge on any atom is 0.0593 e. The molecule has 88 valence electrons. The maximum atomic E-state index is 5.54. The normalized spacial score (nSPS) is 22.9. The minimum atomic E-state index is 0.696. The quantitative estimate of drug-likeness (QED) is 0.508. The van der Waals surface area contributed by atoms with E-state index in [-0.39, 0.29) is 0 Å². The standard InChI is InChI=1S/C12H24N2O/c1-3-5-9-15-10-8-14-7-6-13-11-12(14)4-2/h3,12-13H,1,4-11H2,2H3. The second kappa shape index (κ2) is 7.85. The van der Waals surface area contributed by atoms with Gasteiger partial charge in [0.15, 0.2) is 0 Å². The molecular weight excluding hydrogens is 188 g/mol. The van der Waals surface area contributed by atoms with Crippen LogP contribution >= 0.6 is 0 Å². The van der Waals surface area contributed by atoms with E-state index >= 15 is 0 Å². The van der Waals surface area contributed by atoms with Crippen molar-refractivity contribution in [3.8, 4) is 0 Å². The Bertz CT molecular complexity index is 173. The summed E-state index contributed by atoms with van der Waals surface area (Å²) in [6.07, 6.45) is 4.08. The highest BCUT2D eigenvalue weighted by atomic mass is 16.5. The van der Waals surface area contributed by atoms with Crippen LogP contribution in [0, 0.1) is 0 Å². The van der Waals surface area contributed by atoms with Gasteiger partial charge in [-0.2, -0.15) is 0 Å². The molecule has 1 atom stereocenters. The Morgan fingerprint density at radius 2 is 2.40 bits per heavy atom. The zero-order chi connectivity index (χ0) is 10.9. The van der Waals surface area contributed by atoms with Crippen molar-refractivity contribution < 1.29 is 4.74 Å². The largest absolute Gasteiger partial charge is 0.380 e. The van der Waals surface area contributed by atoms with Crippen LogP contribution < -0.4 is 5.32 Å². The first-order chi connectivity index (χ1) is 7.38. The monoisotopic (exact) mass is 212 g/mol. The average molecular weight is 212 g/mol. The van der Waals surface area contributed by atoms with E-state index in [9.17, 15) is 0 Å². The molecule has 1 unspecified atom stereocenters. The van der Waals surface area contributed by atoms with Gasteiger partial charge in [-0.3, -0.25) is 4.90 Å². The predicted molar refractivity (Wildman–Crippen MR) is 64.2 cm³/mol. The summed E-state index contributed by atoms with van der Waals surface area (Å²) in [5, 5.41) is 3.43. The van der Waals surface area contributed by atoms with Crippen LogP contribution in [0.5, 0.6) is 0 Å². The van der Waals surface area contributed by atoms with Crippen LogP contribution in [0.1, 0.15) is 19.8 Å². The third-order valence-electron chi connectivity index (χ3n) is 2.93. The lowest BCUT2D eigenvalue weighted by Crippen LogP contribution is -2.51. The molecule has 0 aliphatic carbocycles. The van der Waals surface area contributed by atoms with Gasteiger partial charge in [0.2, 0.25) is 0 Å². The Morgan fingerprint density at radius 3 is 3.13 bits per heavy atom. The summed E-state index contributed by atoms with van der Waals surface area (Å²) < 4.78 is 5.54. The molecule has 0 amide bonds. The first-order valence-corrected chi connectivity index (χ1v) is 6.02. The van der Waals surface area contributed by atoms with Gasteiger partial charge < -0.3 is 10.1 Å². The molecule has 1 aliphatic rings. The van der Waals surface area contributed by atoms with Crippen LogP contribution in [0.4, 0.5) is 0 Å². The average Bonchev–Trinajstić information content (AvgIpc) is 2.29. The molecule has 0 saturated carbocycles. The van der Waals surface area contributed by atoms with Gasteiger partial charge >= 0.3 is 0 Å². The molecule has 1 heterocycles. The lowest BCUT2D eigenvalue weighted by atomic mass is 10.1. The van der Waals surface area contributed by atoms with Crippen LogP contribution in [0.15, 0.2) is 12.7 Å². The third kappa shape index (κ3) is 4.78. The summed E-state index contributed by atoms with van der Waals surface area (Å²) in [7, 11) is 0. The highest BCUT2D eigenvalue weighted by Gasteiger charge is 2.19. The molecule has 15 heavy (non-hydrogen) atoms. The van der Waals surface area contributed by atoms with Crippen LogP contribution in [0.3, 0.4) is 0 Å². The van der Waals surface area contributed by atoms with E-state index in [0.717, 1.165) is 45.8 Å². The topological polar surface area (TPSA) is 24.5 Å². The van der Waals surface area contributed by atoms with Gasteiger partial charge in [0.1, 0.15) is 0 Å². The van der Waals surface area contributed by atoms with Crippen molar-refractivity contribution in [2.24, 2.45) is 0 Å². The van der Waals surface area contributed by atoms with Crippen molar-refractivity contribution in [3.05, 3.63) is 12.7 Å². The molecule has 1 N–H and O–H groups in total. The molecule has 1 saturated heterocycles. The fourth-order valence-corrected chi connectivity index (χ4v) is 1.95. The first-order valence-electron chi connectivity index (χ1n) is 6.02. The molecule has 0 bridgehead atoms. The third-order valence-corrected chi connectivity index (χ3v) is 2.93. The van der Waals surface area contributed by atoms with Gasteiger partial charge in [0, 0.05) is 32.2 Å². The van der Waals surface area contributed by atoms with E-state index < -0.39 is 0 Å². The van der Waals surface area contributed by atoms with Gasteiger partial charge in [-0.15, -0.1) is 6.58 Å². The van der Waals surface area contributed by atoms with E-state index in [0.29, 0.717) is 6.04 Å². The first kappa shape index (κ1) is 12.7. The zero-order valence-electron chi connectivity index (χ0n) is 9.87. The second-order valence-corrected chi connectivity index (χ2v) is 3.99. The van der Waals surface area contributed by atoms with Gasteiger partial charge in [0.05, 0.1) is 13.2 Å². The van der Waals surface area contributed by atoms with Crippen molar-refractivity contribution in [2.45, 2.75) is 25.8 Å². The molecule has 0 radical (unpaired) electrons. The summed E-state index contributed by atoms with van der Waals surface area (Å²) in [4.78, 5) is 2.53. The fourth-order valence-electron chi connectivity index (χ4n) is 1.95. The molecule has 3 nitrogen and oxygen atoms in total. The van der Waals surface area contributed by atoms with E-state index in [2.05, 4.69) is 23.7 Å². The number of nitrogens with zero attached hydrogens (tertiary/aromatic N) is 1. The van der Waals surface area contributed by atoms with Crippen LogP contribution in [-0.4, -0.2) is 50.3 Å². The highest BCUT2D eigenvalue weighted by molar-refractivity contribution is 4.78. The number of hydrogen-bond donors (Lipinski definition) is 1. The van der Waals surface area contributed by atoms with Gasteiger partial charge in [0.25, 0.3) is 0 Å². The van der Waals surface area contributed by atoms with E-state index in [1.165, 1.54) is 6.42 Å². The summed E-state index contributed by atoms with van der Waals surface area (Å²) in [6, 6.07) is 0.696. The predicted octanol–water partition coefficient (Wildman–Crippen LogP) is 1.26. The zero-order valence-corrected chi connectivity index (χ0v) is 9.87. The van der Waals surface area contributed by atoms with Crippen molar-refractivity contribution in [1.29, 1.82) is 0 Å². The summed E-state index contributed by atoms with van der Waals surface area (Å²) in [5.74, 6) is 0. The van der Waals surface area contributed by atoms with Gasteiger partial charge in [-0.05, 0) is 12.8 Å². The molecule has 1 aliphatic heterocycles. The van der Waals surface area contributed by atoms with Crippen molar-refractivity contribution in [3.63, 3.8) is 0 Å². The molecular formula is C12H24N2O. The summed E-state index contributed by atoms with van der Waals surface area (Å²) >= 11 is 0. The molecule has 0 aromatic carbocycles. The Labute approximate surface area is 93.5 Å². The number of hydrogen-bond acceptors (Lipinski definition) is 3. The number of nitrogens with one attached hydrogen (secondary N) is 1. The minimum absolute atomic E-state index is 0.696. The van der Waals surface area contributed by atoms with Crippen molar-refractivity contribution in [1.82, 2.24) is 10.2 Å². The van der Waals surface area contributed by atoms with Crippen LogP contribution in [-0.2, 0) is 4.74 Å². The Morgan fingerprint density at radius 1 is 1.53 bits per heavy atom. The smallest absolute Gasteiger partial charge is 0.0593 e. The fraction of sp³-hybridized carbons (Fsp3) is 0.833.